The van der Waals surface area contributed by atoms with E-state index in [9.17, 15) is 15.0 Å². The molecule has 3 aromatic rings. The quantitative estimate of drug-likeness (QED) is 0.324. The second kappa shape index (κ2) is 9.24. The summed E-state index contributed by atoms with van der Waals surface area (Å²) < 4.78 is 0. The van der Waals surface area contributed by atoms with Crippen molar-refractivity contribution in [1.29, 1.82) is 0 Å². The van der Waals surface area contributed by atoms with Crippen LogP contribution in [0.4, 0.5) is 0 Å². The molecule has 0 bridgehead atoms. The van der Waals surface area contributed by atoms with Crippen LogP contribution in [0.5, 0.6) is 23.0 Å². The first-order valence-electron chi connectivity index (χ1n) is 11.0. The van der Waals surface area contributed by atoms with Crippen LogP contribution in [0.1, 0.15) is 28.3 Å². The van der Waals surface area contributed by atoms with Crippen LogP contribution in [0.25, 0.3) is 11.1 Å². The van der Waals surface area contributed by atoms with Gasteiger partial charge in [-0.05, 0) is 72.3 Å². The monoisotopic (exact) mass is 464 g/mol. The fourth-order valence-electron chi connectivity index (χ4n) is 4.71. The molecule has 1 heterocycles. The predicted octanol–water partition coefficient (Wildman–Crippen LogP) is 2.90. The predicted molar refractivity (Wildman–Crippen MR) is 127 cm³/mol. The van der Waals surface area contributed by atoms with Gasteiger partial charge in [0.25, 0.3) is 0 Å². The molecule has 3 aromatic carbocycles. The highest BCUT2D eigenvalue weighted by atomic mass is 16.4. The lowest BCUT2D eigenvalue weighted by Gasteiger charge is -2.39. The second-order valence-electron chi connectivity index (χ2n) is 8.77. The Morgan fingerprint density at radius 2 is 1.76 bits per heavy atom. The molecule has 0 saturated heterocycles. The molecule has 1 aliphatic carbocycles. The van der Waals surface area contributed by atoms with E-state index < -0.39 is 12.0 Å². The molecule has 1 aliphatic heterocycles. The lowest BCUT2D eigenvalue weighted by Crippen LogP contribution is -2.35. The van der Waals surface area contributed by atoms with Gasteiger partial charge in [-0.25, -0.2) is 0 Å². The Morgan fingerprint density at radius 1 is 1.03 bits per heavy atom. The molecule has 0 unspecified atom stereocenters. The summed E-state index contributed by atoms with van der Waals surface area (Å²) in [6.07, 6.45) is 2.05. The maximum absolute atomic E-state index is 10.4. The Morgan fingerprint density at radius 3 is 2.47 bits per heavy atom. The van der Waals surface area contributed by atoms with Gasteiger partial charge in [0.1, 0.15) is 6.04 Å². The average Bonchev–Trinajstić information content (AvgIpc) is 2.81. The minimum absolute atomic E-state index is 0.0163. The molecule has 5 rings (SSSR count). The maximum Gasteiger partial charge on any atom is 0.320 e. The van der Waals surface area contributed by atoms with E-state index in [-0.39, 0.29) is 29.4 Å². The number of aliphatic carboxylic acids is 1. The van der Waals surface area contributed by atoms with E-state index >= 15 is 0 Å². The third-order valence-electron chi connectivity index (χ3n) is 6.53. The summed E-state index contributed by atoms with van der Waals surface area (Å²) in [6, 6.07) is 13.3. The van der Waals surface area contributed by atoms with Gasteiger partial charge in [0.2, 0.25) is 0 Å². The van der Waals surface area contributed by atoms with Crippen LogP contribution in [-0.2, 0) is 24.1 Å². The molecule has 34 heavy (non-hydrogen) atoms. The molecule has 2 atom stereocenters. The number of fused-ring (bicyclic) bond motifs is 2. The molecular weight excluding hydrogens is 436 g/mol. The van der Waals surface area contributed by atoms with Crippen molar-refractivity contribution in [1.82, 2.24) is 4.90 Å². The number of benzene rings is 3. The topological polar surface area (TPSA) is 147 Å². The molecule has 0 saturated carbocycles. The van der Waals surface area contributed by atoms with Crippen LogP contribution in [0.2, 0.25) is 0 Å². The van der Waals surface area contributed by atoms with Gasteiger partial charge in [-0.3, -0.25) is 9.69 Å². The van der Waals surface area contributed by atoms with E-state index in [0.29, 0.717) is 11.6 Å². The molecule has 0 radical (unpaired) electrons. The fraction of sp³-hybridized carbons (Fsp3) is 0.269. The minimum Gasteiger partial charge on any atom is -0.504 e. The van der Waals surface area contributed by atoms with Crippen molar-refractivity contribution >= 4 is 5.97 Å². The third-order valence-corrected chi connectivity index (χ3v) is 6.53. The Labute approximate surface area is 197 Å². The summed E-state index contributed by atoms with van der Waals surface area (Å²) in [5.74, 6) is -1.64. The molecule has 2 aliphatic rings. The summed E-state index contributed by atoms with van der Waals surface area (Å²) in [5, 5.41) is 46.7. The van der Waals surface area contributed by atoms with E-state index in [0.717, 1.165) is 36.1 Å². The zero-order valence-corrected chi connectivity index (χ0v) is 18.8. The van der Waals surface area contributed by atoms with Crippen molar-refractivity contribution in [2.24, 2.45) is 5.73 Å². The number of rotatable bonds is 3. The zero-order chi connectivity index (χ0) is 24.6. The maximum atomic E-state index is 10.4. The van der Waals surface area contributed by atoms with Gasteiger partial charge in [0.05, 0.1) is 0 Å². The normalized spacial score (nSPS) is 17.1. The van der Waals surface area contributed by atoms with Crippen LogP contribution in [0.15, 0.2) is 48.5 Å². The third kappa shape index (κ3) is 4.37. The zero-order valence-electron chi connectivity index (χ0n) is 18.8. The van der Waals surface area contributed by atoms with E-state index in [4.69, 9.17) is 21.1 Å². The number of likely N-dealkylation sites (N-methyl/N-ethyl adjacent to an activating group) is 1. The van der Waals surface area contributed by atoms with E-state index in [1.165, 1.54) is 29.3 Å². The summed E-state index contributed by atoms with van der Waals surface area (Å²) >= 11 is 0. The average molecular weight is 465 g/mol. The van der Waals surface area contributed by atoms with Gasteiger partial charge in [-0.2, -0.15) is 0 Å². The van der Waals surface area contributed by atoms with Crippen LogP contribution in [0, 0.1) is 0 Å². The van der Waals surface area contributed by atoms with E-state index in [2.05, 4.69) is 30.1 Å². The highest BCUT2D eigenvalue weighted by molar-refractivity contribution is 5.82. The molecule has 7 N–H and O–H groups in total. The Balaban J connectivity index is 0.000000173. The molecule has 8 heteroatoms. The highest BCUT2D eigenvalue weighted by Gasteiger charge is 2.34. The van der Waals surface area contributed by atoms with Gasteiger partial charge in [0, 0.05) is 18.2 Å². The molecule has 178 valence electrons. The number of carbonyl (C=O) groups is 1. The van der Waals surface area contributed by atoms with Crippen molar-refractivity contribution in [3.8, 4) is 34.1 Å². The summed E-state index contributed by atoms with van der Waals surface area (Å²) in [5.41, 5.74) is 11.6. The summed E-state index contributed by atoms with van der Waals surface area (Å²) in [4.78, 5) is 12.8. The smallest absolute Gasteiger partial charge is 0.320 e. The van der Waals surface area contributed by atoms with Crippen LogP contribution in [0.3, 0.4) is 0 Å². The number of carboxylic acid groups (broad SMARTS) is 1. The van der Waals surface area contributed by atoms with Gasteiger partial charge in [-0.15, -0.1) is 0 Å². The van der Waals surface area contributed by atoms with Crippen molar-refractivity contribution in [3.63, 3.8) is 0 Å². The summed E-state index contributed by atoms with van der Waals surface area (Å²) in [7, 11) is 2.16. The van der Waals surface area contributed by atoms with Crippen molar-refractivity contribution in [2.75, 3.05) is 13.6 Å². The fourth-order valence-corrected chi connectivity index (χ4v) is 4.71. The Hall–Kier alpha value is -3.75. The molecule has 0 amide bonds. The van der Waals surface area contributed by atoms with Crippen LogP contribution < -0.4 is 5.73 Å². The number of hydrogen-bond acceptors (Lipinski definition) is 7. The van der Waals surface area contributed by atoms with Crippen molar-refractivity contribution < 1.29 is 30.3 Å². The summed E-state index contributed by atoms with van der Waals surface area (Å²) in [6.45, 7) is 1.07. The molecule has 0 spiro atoms. The first-order valence-corrected chi connectivity index (χ1v) is 11.0. The lowest BCUT2D eigenvalue weighted by atomic mass is 9.77. The van der Waals surface area contributed by atoms with Gasteiger partial charge < -0.3 is 31.3 Å². The van der Waals surface area contributed by atoms with Gasteiger partial charge >= 0.3 is 5.97 Å². The largest absolute Gasteiger partial charge is 0.504 e. The first kappa shape index (κ1) is 23.4. The standard InChI is InChI=1S/C17H17NO2.C9H11NO4/c1-18-8-7-10-3-2-4-12-15(10)13(18)9-11-5-6-14(19)17(20)16(11)12;10-6(9(13)14)3-5-1-2-7(11)8(12)4-5/h2-6,13,19-20H,7-9H2,1H3;1-2,4,6,11-12H,3,10H2,(H,13,14)/t13-;6-/m10/s1. The highest BCUT2D eigenvalue weighted by Crippen LogP contribution is 2.49. The van der Waals surface area contributed by atoms with E-state index in [1.807, 2.05) is 6.07 Å². The number of hydrogen-bond donors (Lipinski definition) is 6. The number of phenolic OH excluding ortho intramolecular Hbond substituents is 4. The number of nitrogens with two attached hydrogens (primary N) is 1. The van der Waals surface area contributed by atoms with Crippen molar-refractivity contribution in [3.05, 3.63) is 70.8 Å². The van der Waals surface area contributed by atoms with Crippen molar-refractivity contribution in [2.45, 2.75) is 31.3 Å². The number of phenols is 4. The van der Waals surface area contributed by atoms with Gasteiger partial charge in [-0.1, -0.05) is 30.3 Å². The molecule has 0 aromatic heterocycles. The first-order chi connectivity index (χ1) is 16.2. The van der Waals surface area contributed by atoms with Gasteiger partial charge in [0.15, 0.2) is 23.0 Å². The Kier molecular flexibility index (Phi) is 6.37. The van der Waals surface area contributed by atoms with E-state index in [1.54, 1.807) is 6.07 Å². The van der Waals surface area contributed by atoms with Crippen LogP contribution >= 0.6 is 0 Å². The lowest BCUT2D eigenvalue weighted by molar-refractivity contribution is -0.138. The molecular formula is C26H28N2O6. The number of nitrogens with zero attached hydrogens (tertiary/aromatic N) is 1. The Bertz CT molecular complexity index is 1240. The second-order valence-corrected chi connectivity index (χ2v) is 8.77. The van der Waals surface area contributed by atoms with Crippen LogP contribution in [-0.4, -0.2) is 56.0 Å². The number of aromatic hydroxyl groups is 4. The molecule has 0 fully saturated rings. The minimum atomic E-state index is -1.10. The number of carboxylic acids is 1. The SMILES string of the molecule is CN1CCc2cccc3c2[C@H]1Cc1ccc(O)c(O)c1-3.N[C@@H](Cc1ccc(O)c(O)c1)C(=O)O. The molecule has 8 nitrogen and oxygen atoms in total.